The van der Waals surface area contributed by atoms with Gasteiger partial charge in [0.1, 0.15) is 0 Å². The van der Waals surface area contributed by atoms with Crippen LogP contribution < -0.4 is 11.1 Å². The Bertz CT molecular complexity index is 449. The molecule has 0 aliphatic heterocycles. The van der Waals surface area contributed by atoms with Crippen LogP contribution in [0.15, 0.2) is 0 Å². The number of nitrogens with two attached hydrogens (primary N) is 1. The van der Waals surface area contributed by atoms with Crippen LogP contribution in [0.5, 0.6) is 0 Å². The number of carbonyl (C=O) groups is 1. The van der Waals surface area contributed by atoms with Crippen molar-refractivity contribution in [2.75, 3.05) is 5.73 Å². The average Bonchev–Trinajstić information content (AvgIpc) is 3.20. The van der Waals surface area contributed by atoms with Crippen molar-refractivity contribution in [2.24, 2.45) is 5.92 Å². The number of nitrogens with one attached hydrogen (secondary N) is 2. The molecule has 1 aromatic heterocycles. The highest BCUT2D eigenvalue weighted by Crippen LogP contribution is 2.42. The van der Waals surface area contributed by atoms with Crippen LogP contribution in [0.3, 0.4) is 0 Å². The molecule has 1 amide bonds. The highest BCUT2D eigenvalue weighted by atomic mass is 16.2. The molecule has 92 valence electrons. The fourth-order valence-electron chi connectivity index (χ4n) is 2.33. The van der Waals surface area contributed by atoms with Gasteiger partial charge in [0, 0.05) is 12.0 Å². The van der Waals surface area contributed by atoms with Crippen molar-refractivity contribution in [3.8, 4) is 0 Å². The van der Waals surface area contributed by atoms with Crippen LogP contribution in [-0.2, 0) is 0 Å². The molecule has 1 heterocycles. The molecular formula is C12H18N4O. The van der Waals surface area contributed by atoms with Gasteiger partial charge in [0.05, 0.1) is 11.4 Å². The van der Waals surface area contributed by atoms with Gasteiger partial charge in [0.25, 0.3) is 5.91 Å². The quantitative estimate of drug-likeness (QED) is 0.736. The smallest absolute Gasteiger partial charge is 0.274 e. The second-order valence-corrected chi connectivity index (χ2v) is 5.16. The average molecular weight is 234 g/mol. The summed E-state index contributed by atoms with van der Waals surface area (Å²) in [5.41, 5.74) is 7.81. The topological polar surface area (TPSA) is 83.8 Å². The van der Waals surface area contributed by atoms with E-state index in [1.807, 2.05) is 0 Å². The maximum absolute atomic E-state index is 12.0. The minimum atomic E-state index is -0.133. The van der Waals surface area contributed by atoms with Gasteiger partial charge in [-0.2, -0.15) is 5.10 Å². The largest absolute Gasteiger partial charge is 0.395 e. The third-order valence-electron chi connectivity index (χ3n) is 3.80. The number of hydrogen-bond donors (Lipinski definition) is 3. The van der Waals surface area contributed by atoms with Crippen molar-refractivity contribution in [3.63, 3.8) is 0 Å². The SMILES string of the molecule is CCC1CC1NC(=O)c1n[nH]c(C2CC2)c1N. The monoisotopic (exact) mass is 234 g/mol. The highest BCUT2D eigenvalue weighted by Gasteiger charge is 2.38. The summed E-state index contributed by atoms with van der Waals surface area (Å²) in [4.78, 5) is 12.0. The standard InChI is InChI=1S/C12H18N4O/c1-2-6-5-8(6)14-12(17)11-9(13)10(15-16-11)7-3-4-7/h6-8H,2-5,13H2,1H3,(H,14,17)(H,15,16). The summed E-state index contributed by atoms with van der Waals surface area (Å²) in [6.45, 7) is 2.14. The van der Waals surface area contributed by atoms with E-state index in [2.05, 4.69) is 22.4 Å². The molecule has 2 aliphatic rings. The lowest BCUT2D eigenvalue weighted by Crippen LogP contribution is -2.27. The first kappa shape index (κ1) is 10.6. The molecule has 0 bridgehead atoms. The molecule has 2 fully saturated rings. The zero-order valence-corrected chi connectivity index (χ0v) is 9.99. The maximum atomic E-state index is 12.0. The van der Waals surface area contributed by atoms with E-state index in [4.69, 9.17) is 5.73 Å². The first-order valence-electron chi connectivity index (χ1n) is 6.35. The molecule has 0 spiro atoms. The van der Waals surface area contributed by atoms with Crippen LogP contribution >= 0.6 is 0 Å². The van der Waals surface area contributed by atoms with Crippen molar-refractivity contribution in [1.82, 2.24) is 15.5 Å². The third kappa shape index (κ3) is 1.90. The lowest BCUT2D eigenvalue weighted by molar-refractivity contribution is 0.0945. The first-order valence-corrected chi connectivity index (χ1v) is 6.35. The number of aromatic amines is 1. The Morgan fingerprint density at radius 2 is 2.35 bits per heavy atom. The Labute approximate surface area is 100 Å². The van der Waals surface area contributed by atoms with E-state index in [1.165, 1.54) is 0 Å². The summed E-state index contributed by atoms with van der Waals surface area (Å²) in [5.74, 6) is 1.00. The van der Waals surface area contributed by atoms with Gasteiger partial charge in [-0.25, -0.2) is 0 Å². The minimum Gasteiger partial charge on any atom is -0.395 e. The van der Waals surface area contributed by atoms with Gasteiger partial charge in [-0.05, 0) is 25.2 Å². The number of amides is 1. The van der Waals surface area contributed by atoms with Crippen LogP contribution in [0.2, 0.25) is 0 Å². The van der Waals surface area contributed by atoms with E-state index in [0.717, 1.165) is 31.4 Å². The summed E-state index contributed by atoms with van der Waals surface area (Å²) < 4.78 is 0. The summed E-state index contributed by atoms with van der Waals surface area (Å²) in [5, 5.41) is 9.93. The number of nitrogens with zero attached hydrogens (tertiary/aromatic N) is 1. The van der Waals surface area contributed by atoms with E-state index in [0.29, 0.717) is 29.3 Å². The number of aromatic nitrogens is 2. The fraction of sp³-hybridized carbons (Fsp3) is 0.667. The van der Waals surface area contributed by atoms with Crippen LogP contribution in [0.4, 0.5) is 5.69 Å². The van der Waals surface area contributed by atoms with E-state index in [9.17, 15) is 4.79 Å². The Morgan fingerprint density at radius 1 is 1.59 bits per heavy atom. The number of nitrogen functional groups attached to an aromatic ring is 1. The second kappa shape index (κ2) is 3.75. The molecule has 2 aliphatic carbocycles. The Hall–Kier alpha value is -1.52. The number of anilines is 1. The summed E-state index contributed by atoms with van der Waals surface area (Å²) in [6, 6.07) is 0.327. The summed E-state index contributed by atoms with van der Waals surface area (Å²) in [7, 11) is 0. The molecule has 5 heteroatoms. The van der Waals surface area contributed by atoms with Crippen molar-refractivity contribution in [3.05, 3.63) is 11.4 Å². The van der Waals surface area contributed by atoms with E-state index >= 15 is 0 Å². The molecule has 2 saturated carbocycles. The van der Waals surface area contributed by atoms with E-state index in [-0.39, 0.29) is 5.91 Å². The van der Waals surface area contributed by atoms with Gasteiger partial charge in [-0.15, -0.1) is 0 Å². The second-order valence-electron chi connectivity index (χ2n) is 5.16. The first-order chi connectivity index (χ1) is 8.20. The fourth-order valence-corrected chi connectivity index (χ4v) is 2.33. The van der Waals surface area contributed by atoms with Gasteiger partial charge >= 0.3 is 0 Å². The summed E-state index contributed by atoms with van der Waals surface area (Å²) in [6.07, 6.45) is 4.50. The predicted molar refractivity (Wildman–Crippen MR) is 64.6 cm³/mol. The molecule has 2 atom stereocenters. The molecule has 3 rings (SSSR count). The lowest BCUT2D eigenvalue weighted by atomic mass is 10.2. The van der Waals surface area contributed by atoms with Crippen LogP contribution in [0.25, 0.3) is 0 Å². The molecule has 2 unspecified atom stereocenters. The number of H-pyrrole nitrogens is 1. The molecular weight excluding hydrogens is 216 g/mol. The van der Waals surface area contributed by atoms with Crippen molar-refractivity contribution >= 4 is 11.6 Å². The highest BCUT2D eigenvalue weighted by molar-refractivity contribution is 5.98. The van der Waals surface area contributed by atoms with Gasteiger partial charge in [-0.1, -0.05) is 13.3 Å². The molecule has 17 heavy (non-hydrogen) atoms. The Balaban J connectivity index is 1.69. The third-order valence-corrected chi connectivity index (χ3v) is 3.80. The molecule has 0 saturated heterocycles. The van der Waals surface area contributed by atoms with Crippen molar-refractivity contribution in [1.29, 1.82) is 0 Å². The van der Waals surface area contributed by atoms with Crippen LogP contribution in [0.1, 0.15) is 54.7 Å². The Kier molecular flexibility index (Phi) is 2.34. The molecule has 4 N–H and O–H groups in total. The van der Waals surface area contributed by atoms with E-state index < -0.39 is 0 Å². The zero-order valence-electron chi connectivity index (χ0n) is 9.99. The molecule has 0 aromatic carbocycles. The predicted octanol–water partition coefficient (Wildman–Crippen LogP) is 1.40. The lowest BCUT2D eigenvalue weighted by Gasteiger charge is -2.02. The molecule has 1 aromatic rings. The van der Waals surface area contributed by atoms with Crippen molar-refractivity contribution in [2.45, 2.75) is 44.6 Å². The Morgan fingerprint density at radius 3 is 2.94 bits per heavy atom. The summed E-state index contributed by atoms with van der Waals surface area (Å²) >= 11 is 0. The van der Waals surface area contributed by atoms with Gasteiger partial charge in [0.15, 0.2) is 5.69 Å². The van der Waals surface area contributed by atoms with Crippen molar-refractivity contribution < 1.29 is 4.79 Å². The van der Waals surface area contributed by atoms with Gasteiger partial charge < -0.3 is 11.1 Å². The van der Waals surface area contributed by atoms with Gasteiger partial charge in [-0.3, -0.25) is 9.89 Å². The minimum absolute atomic E-state index is 0.133. The van der Waals surface area contributed by atoms with Crippen LogP contribution in [0, 0.1) is 5.92 Å². The zero-order chi connectivity index (χ0) is 12.0. The number of rotatable bonds is 4. The van der Waals surface area contributed by atoms with E-state index in [1.54, 1.807) is 0 Å². The normalized spacial score (nSPS) is 26.9. The maximum Gasteiger partial charge on any atom is 0.274 e. The van der Waals surface area contributed by atoms with Gasteiger partial charge in [0.2, 0.25) is 0 Å². The van der Waals surface area contributed by atoms with Crippen LogP contribution in [-0.4, -0.2) is 22.1 Å². The number of carbonyl (C=O) groups excluding carboxylic acids is 1. The molecule has 5 nitrogen and oxygen atoms in total. The molecule has 0 radical (unpaired) electrons. The number of hydrogen-bond acceptors (Lipinski definition) is 3.